The van der Waals surface area contributed by atoms with Crippen LogP contribution in [0.25, 0.3) is 11.2 Å². The fourth-order valence-corrected chi connectivity index (χ4v) is 4.40. The Balaban J connectivity index is 0.000000207. The molecule has 0 spiro atoms. The molecule has 0 N–H and O–H groups in total. The van der Waals surface area contributed by atoms with Gasteiger partial charge < -0.3 is 9.30 Å². The third-order valence-electron chi connectivity index (χ3n) is 6.65. The van der Waals surface area contributed by atoms with Crippen LogP contribution in [0.1, 0.15) is 120 Å². The van der Waals surface area contributed by atoms with E-state index in [2.05, 4.69) is 62.6 Å². The highest BCUT2D eigenvalue weighted by molar-refractivity contribution is 5.74. The summed E-state index contributed by atoms with van der Waals surface area (Å²) in [5.41, 5.74) is 6.12. The van der Waals surface area contributed by atoms with Crippen LogP contribution in [0.2, 0.25) is 0 Å². The summed E-state index contributed by atoms with van der Waals surface area (Å²) in [5, 5.41) is 9.30. The van der Waals surface area contributed by atoms with Crippen LogP contribution < -0.4 is 0 Å². The Morgan fingerprint density at radius 3 is 2.22 bits per heavy atom. The highest BCUT2D eigenvalue weighted by Crippen LogP contribution is 2.46. The number of fused-ring (bicyclic) bond motifs is 2. The molecule has 0 saturated heterocycles. The van der Waals surface area contributed by atoms with Crippen molar-refractivity contribution in [3.63, 3.8) is 0 Å². The van der Waals surface area contributed by atoms with E-state index in [9.17, 15) is 5.26 Å². The van der Waals surface area contributed by atoms with Crippen LogP contribution in [0.15, 0.2) is 6.33 Å². The van der Waals surface area contributed by atoms with Crippen molar-refractivity contribution in [2.45, 2.75) is 112 Å². The lowest BCUT2D eigenvalue weighted by Gasteiger charge is -2.20. The summed E-state index contributed by atoms with van der Waals surface area (Å²) in [6.45, 7) is 20.9. The summed E-state index contributed by atoms with van der Waals surface area (Å²) in [6, 6.07) is 2.44. The molecule has 37 heavy (non-hydrogen) atoms. The van der Waals surface area contributed by atoms with Gasteiger partial charge in [-0.15, -0.1) is 0 Å². The van der Waals surface area contributed by atoms with Crippen LogP contribution in [0, 0.1) is 23.7 Å². The van der Waals surface area contributed by atoms with Crippen molar-refractivity contribution in [1.82, 2.24) is 29.5 Å². The standard InChI is InChI=1S/C16H21N5.C11H16N2O.C2H6/c1-10(2)12-13-15(20-14(19-12)11(3)4)21(9-18-13)8-16(7-17)5-6-16;1-7(2)11-9-6-14-5-4-10(9)12-8(3)13-11;1-2/h9-11H,5-6,8H2,1-4H3;7H,4-6H2,1-3H3;1-2H3. The molecule has 1 aliphatic carbocycles. The smallest absolute Gasteiger partial charge is 0.163 e. The van der Waals surface area contributed by atoms with Gasteiger partial charge in [-0.2, -0.15) is 5.26 Å². The summed E-state index contributed by atoms with van der Waals surface area (Å²) in [5.74, 6) is 2.78. The minimum atomic E-state index is -0.200. The third-order valence-corrected chi connectivity index (χ3v) is 6.65. The van der Waals surface area contributed by atoms with E-state index < -0.39 is 0 Å². The van der Waals surface area contributed by atoms with Gasteiger partial charge in [0.1, 0.15) is 17.2 Å². The molecule has 0 bridgehead atoms. The first-order valence-corrected chi connectivity index (χ1v) is 13.7. The summed E-state index contributed by atoms with van der Waals surface area (Å²) in [4.78, 5) is 22.9. The van der Waals surface area contributed by atoms with E-state index in [4.69, 9.17) is 14.7 Å². The zero-order valence-corrected chi connectivity index (χ0v) is 24.1. The van der Waals surface area contributed by atoms with Crippen molar-refractivity contribution < 1.29 is 4.74 Å². The lowest BCUT2D eigenvalue weighted by Crippen LogP contribution is -2.17. The van der Waals surface area contributed by atoms with Gasteiger partial charge in [0.25, 0.3) is 0 Å². The number of aryl methyl sites for hydroxylation is 1. The molecular formula is C29H43N7O. The van der Waals surface area contributed by atoms with E-state index in [0.29, 0.717) is 25.0 Å². The molecule has 0 aromatic carbocycles. The number of aromatic nitrogens is 6. The van der Waals surface area contributed by atoms with Crippen LogP contribution in [-0.2, 0) is 24.3 Å². The summed E-state index contributed by atoms with van der Waals surface area (Å²) in [7, 11) is 0. The lowest BCUT2D eigenvalue weighted by molar-refractivity contribution is 0.107. The zero-order chi connectivity index (χ0) is 27.3. The van der Waals surface area contributed by atoms with E-state index in [1.807, 2.05) is 31.7 Å². The second-order valence-electron chi connectivity index (χ2n) is 10.8. The molecule has 8 nitrogen and oxygen atoms in total. The molecule has 0 atom stereocenters. The first-order chi connectivity index (χ1) is 17.6. The average Bonchev–Trinajstić information content (AvgIpc) is 3.55. The number of hydrogen-bond donors (Lipinski definition) is 0. The van der Waals surface area contributed by atoms with Crippen molar-refractivity contribution in [3.8, 4) is 6.07 Å². The molecule has 1 fully saturated rings. The molecule has 0 amide bonds. The van der Waals surface area contributed by atoms with Gasteiger partial charge in [0.15, 0.2) is 5.65 Å². The van der Waals surface area contributed by atoms with Gasteiger partial charge in [-0.3, -0.25) is 0 Å². The van der Waals surface area contributed by atoms with Gasteiger partial charge in [-0.25, -0.2) is 24.9 Å². The van der Waals surface area contributed by atoms with Crippen molar-refractivity contribution in [3.05, 3.63) is 40.6 Å². The van der Waals surface area contributed by atoms with E-state index in [1.165, 1.54) is 11.3 Å². The highest BCUT2D eigenvalue weighted by Gasteiger charge is 2.43. The molecule has 1 saturated carbocycles. The normalized spacial score (nSPS) is 15.5. The molecular weight excluding hydrogens is 462 g/mol. The van der Waals surface area contributed by atoms with Crippen LogP contribution in [0.3, 0.4) is 0 Å². The van der Waals surface area contributed by atoms with Gasteiger partial charge in [0, 0.05) is 24.4 Å². The molecule has 3 aromatic heterocycles. The number of imidazole rings is 1. The van der Waals surface area contributed by atoms with Crippen molar-refractivity contribution in [1.29, 1.82) is 5.26 Å². The van der Waals surface area contributed by atoms with Crippen LogP contribution >= 0.6 is 0 Å². The predicted octanol–water partition coefficient (Wildman–Crippen LogP) is 6.38. The van der Waals surface area contributed by atoms with Gasteiger partial charge >= 0.3 is 0 Å². The SMILES string of the molecule is CC.CC(C)c1nc(C(C)C)c2ncn(CC3(C#N)CC3)c2n1.Cc1nc2c(c(C(C)C)n1)COCC2. The van der Waals surface area contributed by atoms with E-state index in [-0.39, 0.29) is 11.3 Å². The lowest BCUT2D eigenvalue weighted by atomic mass is 10.0. The Morgan fingerprint density at radius 2 is 1.65 bits per heavy atom. The minimum Gasteiger partial charge on any atom is -0.376 e. The monoisotopic (exact) mass is 505 g/mol. The Bertz CT molecular complexity index is 1250. The van der Waals surface area contributed by atoms with Crippen molar-refractivity contribution in [2.75, 3.05) is 6.61 Å². The first kappa shape index (κ1) is 28.6. The number of hydrogen-bond acceptors (Lipinski definition) is 7. The van der Waals surface area contributed by atoms with Crippen LogP contribution in [0.5, 0.6) is 0 Å². The maximum atomic E-state index is 9.30. The molecule has 0 unspecified atom stereocenters. The summed E-state index contributed by atoms with van der Waals surface area (Å²) < 4.78 is 7.48. The average molecular weight is 506 g/mol. The number of rotatable bonds is 5. The molecule has 4 heterocycles. The molecule has 200 valence electrons. The Morgan fingerprint density at radius 1 is 0.973 bits per heavy atom. The maximum Gasteiger partial charge on any atom is 0.163 e. The fraction of sp³-hybridized carbons (Fsp3) is 0.655. The second-order valence-corrected chi connectivity index (χ2v) is 10.8. The molecule has 8 heteroatoms. The maximum absolute atomic E-state index is 9.30. The highest BCUT2D eigenvalue weighted by atomic mass is 16.5. The van der Waals surface area contributed by atoms with Crippen molar-refractivity contribution in [2.24, 2.45) is 5.41 Å². The van der Waals surface area contributed by atoms with Gasteiger partial charge in [0.2, 0.25) is 0 Å². The number of nitrogens with zero attached hydrogens (tertiary/aromatic N) is 7. The van der Waals surface area contributed by atoms with Crippen LogP contribution in [0.4, 0.5) is 0 Å². The van der Waals surface area contributed by atoms with Gasteiger partial charge in [-0.1, -0.05) is 55.4 Å². The molecule has 2 aliphatic rings. The fourth-order valence-electron chi connectivity index (χ4n) is 4.40. The van der Waals surface area contributed by atoms with E-state index in [0.717, 1.165) is 60.1 Å². The van der Waals surface area contributed by atoms with Crippen molar-refractivity contribution >= 4 is 11.2 Å². The predicted molar refractivity (Wildman–Crippen MR) is 146 cm³/mol. The van der Waals surface area contributed by atoms with Crippen LogP contribution in [-0.4, -0.2) is 36.1 Å². The van der Waals surface area contributed by atoms with Gasteiger partial charge in [-0.05, 0) is 31.6 Å². The topological polar surface area (TPSA) is 102 Å². The zero-order valence-electron chi connectivity index (χ0n) is 24.1. The number of nitriles is 1. The minimum absolute atomic E-state index is 0.200. The Kier molecular flexibility index (Phi) is 9.36. The summed E-state index contributed by atoms with van der Waals surface area (Å²) >= 11 is 0. The summed E-state index contributed by atoms with van der Waals surface area (Å²) in [6.07, 6.45) is 4.69. The van der Waals surface area contributed by atoms with E-state index >= 15 is 0 Å². The molecule has 0 radical (unpaired) electrons. The molecule has 3 aromatic rings. The largest absolute Gasteiger partial charge is 0.376 e. The second kappa shape index (κ2) is 12.1. The Labute approximate surface area is 221 Å². The third kappa shape index (κ3) is 6.51. The Hall–Kier alpha value is -2.92. The number of ether oxygens (including phenoxy) is 1. The van der Waals surface area contributed by atoms with Gasteiger partial charge in [0.05, 0.1) is 48.1 Å². The quantitative estimate of drug-likeness (QED) is 0.396. The molecule has 5 rings (SSSR count). The van der Waals surface area contributed by atoms with E-state index in [1.54, 1.807) is 0 Å². The first-order valence-electron chi connectivity index (χ1n) is 13.7. The molecule has 1 aliphatic heterocycles.